The topological polar surface area (TPSA) is 82.1 Å². The molecule has 0 spiro atoms. The van der Waals surface area contributed by atoms with Crippen molar-refractivity contribution in [2.45, 2.75) is 51.1 Å². The molecular formula is C12H20O6. The molecule has 6 nitrogen and oxygen atoms in total. The lowest BCUT2D eigenvalue weighted by atomic mass is 10.1. The van der Waals surface area contributed by atoms with E-state index in [1.165, 1.54) is 0 Å². The summed E-state index contributed by atoms with van der Waals surface area (Å²) in [6.07, 6.45) is 1.54. The molecule has 1 rings (SSSR count). The van der Waals surface area contributed by atoms with Gasteiger partial charge in [-0.3, -0.25) is 0 Å². The summed E-state index contributed by atoms with van der Waals surface area (Å²) in [6, 6.07) is 0. The van der Waals surface area contributed by atoms with Crippen LogP contribution in [0.15, 0.2) is 0 Å². The summed E-state index contributed by atoms with van der Waals surface area (Å²) in [5.74, 6) is -1.70. The van der Waals surface area contributed by atoms with Gasteiger partial charge in [0.05, 0.1) is 6.10 Å². The van der Waals surface area contributed by atoms with Crippen molar-refractivity contribution in [3.05, 3.63) is 0 Å². The normalized spacial score (nSPS) is 26.1. The van der Waals surface area contributed by atoms with E-state index in [4.69, 9.17) is 19.3 Å². The molecule has 0 aromatic rings. The van der Waals surface area contributed by atoms with Gasteiger partial charge >= 0.3 is 5.97 Å². The maximum atomic E-state index is 10.9. The average Bonchev–Trinajstić information content (AvgIpc) is 2.73. The minimum absolute atomic E-state index is 0.230. The van der Waals surface area contributed by atoms with Crippen LogP contribution in [0, 0.1) is 0 Å². The van der Waals surface area contributed by atoms with E-state index < -0.39 is 17.9 Å². The van der Waals surface area contributed by atoms with Crippen molar-refractivity contribution in [1.29, 1.82) is 0 Å². The van der Waals surface area contributed by atoms with Gasteiger partial charge in [0.15, 0.2) is 12.1 Å². The van der Waals surface area contributed by atoms with Gasteiger partial charge in [-0.25, -0.2) is 4.79 Å². The fraction of sp³-hybridized carbons (Fsp3) is 0.833. The molecule has 0 aliphatic carbocycles. The first-order chi connectivity index (χ1) is 8.56. The smallest absolute Gasteiger partial charge is 0.329 e. The number of carbonyl (C=O) groups excluding carboxylic acids is 1. The van der Waals surface area contributed by atoms with Crippen molar-refractivity contribution in [3.8, 4) is 0 Å². The molecule has 0 aromatic heterocycles. The van der Waals surface area contributed by atoms with E-state index in [0.29, 0.717) is 19.3 Å². The third-order valence-corrected chi connectivity index (χ3v) is 3.07. The molecule has 1 heterocycles. The molecule has 1 N–H and O–H groups in total. The van der Waals surface area contributed by atoms with E-state index in [0.717, 1.165) is 6.29 Å². The van der Waals surface area contributed by atoms with E-state index in [9.17, 15) is 9.59 Å². The fourth-order valence-corrected chi connectivity index (χ4v) is 1.98. The maximum absolute atomic E-state index is 10.9. The van der Waals surface area contributed by atoms with Gasteiger partial charge in [-0.05, 0) is 12.8 Å². The third-order valence-electron chi connectivity index (χ3n) is 3.07. The van der Waals surface area contributed by atoms with Crippen LogP contribution in [-0.4, -0.2) is 48.6 Å². The molecule has 6 heteroatoms. The van der Waals surface area contributed by atoms with E-state index in [2.05, 4.69) is 0 Å². The van der Waals surface area contributed by atoms with Crippen LogP contribution in [0.1, 0.15) is 33.1 Å². The number of ether oxygens (including phenoxy) is 3. The van der Waals surface area contributed by atoms with Crippen LogP contribution in [-0.2, 0) is 23.8 Å². The average molecular weight is 260 g/mol. The van der Waals surface area contributed by atoms with Crippen LogP contribution in [0.3, 0.4) is 0 Å². The Labute approximate surface area is 106 Å². The van der Waals surface area contributed by atoms with Gasteiger partial charge in [-0.15, -0.1) is 0 Å². The van der Waals surface area contributed by atoms with Crippen LogP contribution in [0.25, 0.3) is 0 Å². The van der Waals surface area contributed by atoms with Gasteiger partial charge in [0, 0.05) is 13.0 Å². The first-order valence-corrected chi connectivity index (χ1v) is 6.17. The first-order valence-electron chi connectivity index (χ1n) is 6.17. The molecule has 2 unspecified atom stereocenters. The molecule has 1 aliphatic rings. The second kappa shape index (κ2) is 6.82. The maximum Gasteiger partial charge on any atom is 0.329 e. The SMILES string of the molecule is CCC1(CC)OC(C=O)C(CCOCC(=O)O)O1. The van der Waals surface area contributed by atoms with E-state index >= 15 is 0 Å². The predicted molar refractivity (Wildman–Crippen MR) is 62.2 cm³/mol. The minimum atomic E-state index is -1.01. The number of carbonyl (C=O) groups is 2. The van der Waals surface area contributed by atoms with Crippen LogP contribution < -0.4 is 0 Å². The Balaban J connectivity index is 2.44. The zero-order chi connectivity index (χ0) is 13.6. The molecule has 104 valence electrons. The molecule has 0 bridgehead atoms. The minimum Gasteiger partial charge on any atom is -0.480 e. The lowest BCUT2D eigenvalue weighted by Crippen LogP contribution is -2.29. The Hall–Kier alpha value is -0.980. The van der Waals surface area contributed by atoms with Crippen LogP contribution in [0.4, 0.5) is 0 Å². The summed E-state index contributed by atoms with van der Waals surface area (Å²) in [5.41, 5.74) is 0. The Kier molecular flexibility index (Phi) is 5.71. The molecule has 1 aliphatic heterocycles. The van der Waals surface area contributed by atoms with Crippen LogP contribution in [0.5, 0.6) is 0 Å². The van der Waals surface area contributed by atoms with E-state index in [-0.39, 0.29) is 19.3 Å². The van der Waals surface area contributed by atoms with Crippen molar-refractivity contribution in [1.82, 2.24) is 0 Å². The molecule has 0 radical (unpaired) electrons. The summed E-state index contributed by atoms with van der Waals surface area (Å²) >= 11 is 0. The van der Waals surface area contributed by atoms with Crippen molar-refractivity contribution in [3.63, 3.8) is 0 Å². The largest absolute Gasteiger partial charge is 0.480 e. The Morgan fingerprint density at radius 3 is 2.56 bits per heavy atom. The predicted octanol–water partition coefficient (Wildman–Crippen LogP) is 0.977. The number of rotatable bonds is 8. The molecule has 0 aromatic carbocycles. The molecule has 18 heavy (non-hydrogen) atoms. The van der Waals surface area contributed by atoms with Gasteiger partial charge in [-0.1, -0.05) is 13.8 Å². The van der Waals surface area contributed by atoms with E-state index in [1.54, 1.807) is 0 Å². The molecule has 0 amide bonds. The highest BCUT2D eigenvalue weighted by molar-refractivity contribution is 5.67. The highest BCUT2D eigenvalue weighted by atomic mass is 16.8. The van der Waals surface area contributed by atoms with Crippen molar-refractivity contribution in [2.24, 2.45) is 0 Å². The summed E-state index contributed by atoms with van der Waals surface area (Å²) < 4.78 is 16.3. The van der Waals surface area contributed by atoms with Crippen LogP contribution >= 0.6 is 0 Å². The monoisotopic (exact) mass is 260 g/mol. The zero-order valence-corrected chi connectivity index (χ0v) is 10.8. The zero-order valence-electron chi connectivity index (χ0n) is 10.8. The number of carboxylic acids is 1. The van der Waals surface area contributed by atoms with Gasteiger partial charge in [0.25, 0.3) is 0 Å². The lowest BCUT2D eigenvalue weighted by Gasteiger charge is -2.24. The van der Waals surface area contributed by atoms with Gasteiger partial charge < -0.3 is 24.1 Å². The van der Waals surface area contributed by atoms with Crippen LogP contribution in [0.2, 0.25) is 0 Å². The highest BCUT2D eigenvalue weighted by Gasteiger charge is 2.44. The molecule has 2 atom stereocenters. The first kappa shape index (κ1) is 15.1. The Bertz CT molecular complexity index is 286. The quantitative estimate of drug-likeness (QED) is 0.517. The lowest BCUT2D eigenvalue weighted by molar-refractivity contribution is -0.180. The summed E-state index contributed by atoms with van der Waals surface area (Å²) in [5, 5.41) is 8.43. The second-order valence-corrected chi connectivity index (χ2v) is 4.23. The Morgan fingerprint density at radius 1 is 1.39 bits per heavy atom. The summed E-state index contributed by atoms with van der Waals surface area (Å²) in [6.45, 7) is 3.77. The molecular weight excluding hydrogens is 240 g/mol. The summed E-state index contributed by atoms with van der Waals surface area (Å²) in [7, 11) is 0. The van der Waals surface area contributed by atoms with Crippen molar-refractivity contribution >= 4 is 12.3 Å². The molecule has 0 saturated carbocycles. The second-order valence-electron chi connectivity index (χ2n) is 4.23. The highest BCUT2D eigenvalue weighted by Crippen LogP contribution is 2.34. The Morgan fingerprint density at radius 2 is 2.06 bits per heavy atom. The number of hydrogen-bond donors (Lipinski definition) is 1. The van der Waals surface area contributed by atoms with Crippen molar-refractivity contribution < 1.29 is 28.9 Å². The third kappa shape index (κ3) is 3.76. The fourth-order valence-electron chi connectivity index (χ4n) is 1.98. The van der Waals surface area contributed by atoms with Gasteiger partial charge in [0.2, 0.25) is 0 Å². The number of hydrogen-bond acceptors (Lipinski definition) is 5. The summed E-state index contributed by atoms with van der Waals surface area (Å²) in [4.78, 5) is 21.2. The molecule has 1 fully saturated rings. The van der Waals surface area contributed by atoms with Gasteiger partial charge in [-0.2, -0.15) is 0 Å². The molecule has 1 saturated heterocycles. The number of carboxylic acid groups (broad SMARTS) is 1. The number of aldehydes is 1. The standard InChI is InChI=1S/C12H20O6/c1-3-12(4-2)17-9(10(7-13)18-12)5-6-16-8-11(14)15/h7,9-10H,3-6,8H2,1-2H3,(H,14,15). The van der Waals surface area contributed by atoms with E-state index in [1.807, 2.05) is 13.8 Å². The van der Waals surface area contributed by atoms with Crippen molar-refractivity contribution in [2.75, 3.05) is 13.2 Å². The number of aliphatic carboxylic acids is 1. The van der Waals surface area contributed by atoms with Gasteiger partial charge in [0.1, 0.15) is 12.7 Å².